The van der Waals surface area contributed by atoms with Gasteiger partial charge in [-0.2, -0.15) is 0 Å². The van der Waals surface area contributed by atoms with E-state index >= 15 is 0 Å². The van der Waals surface area contributed by atoms with Gasteiger partial charge in [0, 0.05) is 19.4 Å². The maximum atomic E-state index is 13.3. The van der Waals surface area contributed by atoms with Gasteiger partial charge in [0.05, 0.1) is 0 Å². The standard InChI is InChI=1S/C13H12FNO2/c14-9-2-1-8-5-6-15-12(17)4-3-11(16)13(15)10(8)7-9/h1-2,7,13H,3-6H2. The maximum absolute atomic E-state index is 13.3. The first kappa shape index (κ1) is 10.4. The molecule has 0 spiro atoms. The monoisotopic (exact) mass is 233 g/mol. The van der Waals surface area contributed by atoms with Crippen LogP contribution in [0.2, 0.25) is 0 Å². The number of fused-ring (bicyclic) bond motifs is 3. The zero-order valence-corrected chi connectivity index (χ0v) is 9.28. The molecule has 0 aromatic heterocycles. The number of hydrogen-bond acceptors (Lipinski definition) is 2. The van der Waals surface area contributed by atoms with E-state index in [9.17, 15) is 14.0 Å². The number of carbonyl (C=O) groups excluding carboxylic acids is 2. The van der Waals surface area contributed by atoms with Gasteiger partial charge in [-0.3, -0.25) is 9.59 Å². The number of amides is 1. The third kappa shape index (κ3) is 1.55. The molecule has 2 aliphatic heterocycles. The Balaban J connectivity index is 2.11. The van der Waals surface area contributed by atoms with Crippen LogP contribution in [0.3, 0.4) is 0 Å². The van der Waals surface area contributed by atoms with Gasteiger partial charge in [0.2, 0.25) is 5.91 Å². The van der Waals surface area contributed by atoms with Crippen LogP contribution in [0.15, 0.2) is 18.2 Å². The second-order valence-electron chi connectivity index (χ2n) is 4.55. The van der Waals surface area contributed by atoms with E-state index in [1.807, 2.05) is 0 Å². The van der Waals surface area contributed by atoms with Crippen LogP contribution < -0.4 is 0 Å². The average molecular weight is 233 g/mol. The van der Waals surface area contributed by atoms with E-state index in [1.54, 1.807) is 11.0 Å². The summed E-state index contributed by atoms with van der Waals surface area (Å²) in [7, 11) is 0. The molecule has 1 unspecified atom stereocenters. The molecule has 1 saturated heterocycles. The van der Waals surface area contributed by atoms with Crippen LogP contribution in [0.5, 0.6) is 0 Å². The minimum atomic E-state index is -0.546. The van der Waals surface area contributed by atoms with E-state index in [0.29, 0.717) is 24.9 Å². The summed E-state index contributed by atoms with van der Waals surface area (Å²) in [6.07, 6.45) is 1.26. The zero-order chi connectivity index (χ0) is 12.0. The molecule has 3 rings (SSSR count). The summed E-state index contributed by atoms with van der Waals surface area (Å²) in [6.45, 7) is 0.563. The highest BCUT2D eigenvalue weighted by atomic mass is 19.1. The lowest BCUT2D eigenvalue weighted by Gasteiger charge is -2.39. The summed E-state index contributed by atoms with van der Waals surface area (Å²) in [6, 6.07) is 3.97. The van der Waals surface area contributed by atoms with Crippen LogP contribution in [-0.4, -0.2) is 23.1 Å². The highest BCUT2D eigenvalue weighted by molar-refractivity contribution is 5.96. The summed E-state index contributed by atoms with van der Waals surface area (Å²) in [5, 5.41) is 0. The molecule has 1 aromatic rings. The number of rotatable bonds is 0. The van der Waals surface area contributed by atoms with Gasteiger partial charge in [0.1, 0.15) is 11.9 Å². The van der Waals surface area contributed by atoms with Crippen LogP contribution in [0.4, 0.5) is 4.39 Å². The lowest BCUT2D eigenvalue weighted by molar-refractivity contribution is -0.145. The first-order valence-electron chi connectivity index (χ1n) is 5.77. The number of piperidine rings is 1. The van der Waals surface area contributed by atoms with Crippen molar-refractivity contribution in [1.82, 2.24) is 4.90 Å². The lowest BCUT2D eigenvalue weighted by Crippen LogP contribution is -2.46. The van der Waals surface area contributed by atoms with Crippen molar-refractivity contribution in [3.63, 3.8) is 0 Å². The SMILES string of the molecule is O=C1CCC(=O)N2CCc3ccc(F)cc3C12. The number of ketones is 1. The van der Waals surface area contributed by atoms with E-state index in [2.05, 4.69) is 0 Å². The van der Waals surface area contributed by atoms with Gasteiger partial charge in [0.15, 0.2) is 5.78 Å². The van der Waals surface area contributed by atoms with Gasteiger partial charge in [-0.15, -0.1) is 0 Å². The number of halogens is 1. The van der Waals surface area contributed by atoms with Gasteiger partial charge >= 0.3 is 0 Å². The van der Waals surface area contributed by atoms with Crippen LogP contribution in [0.1, 0.15) is 30.0 Å². The van der Waals surface area contributed by atoms with Crippen molar-refractivity contribution in [2.45, 2.75) is 25.3 Å². The van der Waals surface area contributed by atoms with Crippen molar-refractivity contribution in [3.8, 4) is 0 Å². The summed E-state index contributed by atoms with van der Waals surface area (Å²) in [4.78, 5) is 25.3. The van der Waals surface area contributed by atoms with Gasteiger partial charge in [0.25, 0.3) is 0 Å². The molecule has 2 aliphatic rings. The van der Waals surface area contributed by atoms with Crippen molar-refractivity contribution < 1.29 is 14.0 Å². The molecular weight excluding hydrogens is 221 g/mol. The van der Waals surface area contributed by atoms with E-state index in [-0.39, 0.29) is 23.9 Å². The summed E-state index contributed by atoms with van der Waals surface area (Å²) >= 11 is 0. The predicted molar refractivity (Wildman–Crippen MR) is 58.8 cm³/mol. The van der Waals surface area contributed by atoms with E-state index < -0.39 is 6.04 Å². The largest absolute Gasteiger partial charge is 0.328 e. The highest BCUT2D eigenvalue weighted by Gasteiger charge is 2.39. The zero-order valence-electron chi connectivity index (χ0n) is 9.28. The van der Waals surface area contributed by atoms with Crippen molar-refractivity contribution in [3.05, 3.63) is 35.1 Å². The number of benzene rings is 1. The average Bonchev–Trinajstić information content (AvgIpc) is 2.33. The second kappa shape index (κ2) is 3.65. The van der Waals surface area contributed by atoms with Crippen LogP contribution in [0.25, 0.3) is 0 Å². The van der Waals surface area contributed by atoms with Crippen LogP contribution in [-0.2, 0) is 16.0 Å². The normalized spacial score (nSPS) is 23.4. The Morgan fingerprint density at radius 2 is 2.00 bits per heavy atom. The maximum Gasteiger partial charge on any atom is 0.223 e. The van der Waals surface area contributed by atoms with Gasteiger partial charge in [-0.25, -0.2) is 4.39 Å². The number of carbonyl (C=O) groups is 2. The summed E-state index contributed by atoms with van der Waals surface area (Å²) in [5.74, 6) is -0.322. The minimum absolute atomic E-state index is 0.00418. The lowest BCUT2D eigenvalue weighted by atomic mass is 9.86. The molecule has 0 radical (unpaired) electrons. The quantitative estimate of drug-likeness (QED) is 0.682. The van der Waals surface area contributed by atoms with Crippen molar-refractivity contribution >= 4 is 11.7 Å². The Bertz CT molecular complexity index is 512. The smallest absolute Gasteiger partial charge is 0.223 e. The Morgan fingerprint density at radius 1 is 1.18 bits per heavy atom. The molecule has 0 bridgehead atoms. The van der Waals surface area contributed by atoms with E-state index in [4.69, 9.17) is 0 Å². The third-order valence-electron chi connectivity index (χ3n) is 3.55. The minimum Gasteiger partial charge on any atom is -0.328 e. The first-order chi connectivity index (χ1) is 8.16. The fourth-order valence-corrected chi connectivity index (χ4v) is 2.71. The van der Waals surface area contributed by atoms with Crippen molar-refractivity contribution in [1.29, 1.82) is 0 Å². The van der Waals surface area contributed by atoms with Crippen LogP contribution in [0, 0.1) is 5.82 Å². The Labute approximate surface area is 98.2 Å². The molecule has 0 aliphatic carbocycles. The molecule has 1 fully saturated rings. The molecule has 88 valence electrons. The summed E-state index contributed by atoms with van der Waals surface area (Å²) < 4.78 is 13.3. The third-order valence-corrected chi connectivity index (χ3v) is 3.55. The molecule has 1 amide bonds. The molecule has 1 atom stereocenters. The Hall–Kier alpha value is -1.71. The Morgan fingerprint density at radius 3 is 2.82 bits per heavy atom. The number of Topliss-reactive ketones (excluding diaryl/α,β-unsaturated/α-hetero) is 1. The fraction of sp³-hybridized carbons (Fsp3) is 0.385. The molecular formula is C13H12FNO2. The molecule has 4 heteroatoms. The van der Waals surface area contributed by atoms with E-state index in [0.717, 1.165) is 5.56 Å². The fourth-order valence-electron chi connectivity index (χ4n) is 2.71. The molecule has 3 nitrogen and oxygen atoms in total. The molecule has 2 heterocycles. The molecule has 0 N–H and O–H groups in total. The first-order valence-corrected chi connectivity index (χ1v) is 5.77. The van der Waals surface area contributed by atoms with Gasteiger partial charge in [-0.05, 0) is 29.7 Å². The van der Waals surface area contributed by atoms with Crippen molar-refractivity contribution in [2.75, 3.05) is 6.54 Å². The summed E-state index contributed by atoms with van der Waals surface area (Å²) in [5.41, 5.74) is 1.66. The molecule has 0 saturated carbocycles. The number of hydrogen-bond donors (Lipinski definition) is 0. The highest BCUT2D eigenvalue weighted by Crippen LogP contribution is 2.35. The predicted octanol–water partition coefficient (Wildman–Crippen LogP) is 1.61. The van der Waals surface area contributed by atoms with E-state index in [1.165, 1.54) is 12.1 Å². The topological polar surface area (TPSA) is 37.4 Å². The molecule has 17 heavy (non-hydrogen) atoms. The molecule has 1 aromatic carbocycles. The van der Waals surface area contributed by atoms with Crippen LogP contribution >= 0.6 is 0 Å². The van der Waals surface area contributed by atoms with Gasteiger partial charge < -0.3 is 4.90 Å². The van der Waals surface area contributed by atoms with Crippen molar-refractivity contribution in [2.24, 2.45) is 0 Å². The second-order valence-corrected chi connectivity index (χ2v) is 4.55. The number of nitrogens with zero attached hydrogens (tertiary/aromatic N) is 1. The Kier molecular flexibility index (Phi) is 2.24. The van der Waals surface area contributed by atoms with Gasteiger partial charge in [-0.1, -0.05) is 6.07 Å².